The second kappa shape index (κ2) is 7.48. The van der Waals surface area contributed by atoms with Gasteiger partial charge in [0.05, 0.1) is 24.6 Å². The topological polar surface area (TPSA) is 101 Å². The van der Waals surface area contributed by atoms with Crippen LogP contribution in [0.25, 0.3) is 0 Å². The fraction of sp³-hybridized carbons (Fsp3) is 0.474. The van der Waals surface area contributed by atoms with E-state index >= 15 is 0 Å². The van der Waals surface area contributed by atoms with Crippen LogP contribution in [0.4, 0.5) is 0 Å². The van der Waals surface area contributed by atoms with Gasteiger partial charge in [0.15, 0.2) is 11.5 Å². The highest BCUT2D eigenvalue weighted by Crippen LogP contribution is 2.40. The summed E-state index contributed by atoms with van der Waals surface area (Å²) in [5.74, 6) is 2.12. The Bertz CT molecular complexity index is 831. The Hall–Kier alpha value is -2.74. The van der Waals surface area contributed by atoms with E-state index in [0.717, 1.165) is 42.9 Å². The van der Waals surface area contributed by atoms with Crippen molar-refractivity contribution in [3.8, 4) is 17.2 Å². The van der Waals surface area contributed by atoms with E-state index in [2.05, 4.69) is 10.4 Å². The number of methoxy groups -OCH3 is 1. The van der Waals surface area contributed by atoms with E-state index in [0.29, 0.717) is 42.7 Å². The Kier molecular flexibility index (Phi) is 4.89. The van der Waals surface area contributed by atoms with Gasteiger partial charge >= 0.3 is 0 Å². The highest BCUT2D eigenvalue weighted by Gasteiger charge is 2.24. The molecule has 144 valence electrons. The third kappa shape index (κ3) is 3.57. The lowest BCUT2D eigenvalue weighted by Gasteiger charge is -2.24. The van der Waals surface area contributed by atoms with E-state index in [1.165, 1.54) is 0 Å². The smallest absolute Gasteiger partial charge is 0.252 e. The molecule has 1 unspecified atom stereocenters. The maximum absolute atomic E-state index is 11.5. The minimum Gasteiger partial charge on any atom is -0.493 e. The number of ether oxygens (including phenoxy) is 3. The Morgan fingerprint density at radius 1 is 1.41 bits per heavy atom. The second-order valence-corrected chi connectivity index (χ2v) is 6.90. The molecule has 2 aliphatic rings. The van der Waals surface area contributed by atoms with Crippen LogP contribution in [0.2, 0.25) is 0 Å². The highest BCUT2D eigenvalue weighted by atomic mass is 16.6. The van der Waals surface area contributed by atoms with Gasteiger partial charge in [-0.15, -0.1) is 0 Å². The number of carbonyl (C=O) groups excluding carboxylic acids is 1. The van der Waals surface area contributed by atoms with Crippen molar-refractivity contribution in [3.63, 3.8) is 0 Å². The fourth-order valence-corrected chi connectivity index (χ4v) is 3.73. The van der Waals surface area contributed by atoms with Gasteiger partial charge in [-0.1, -0.05) is 0 Å². The van der Waals surface area contributed by atoms with E-state index < -0.39 is 5.91 Å². The first-order chi connectivity index (χ1) is 13.2. The van der Waals surface area contributed by atoms with Gasteiger partial charge in [0.1, 0.15) is 13.2 Å². The number of aromatic nitrogens is 2. The van der Waals surface area contributed by atoms with Crippen LogP contribution in [-0.2, 0) is 19.5 Å². The lowest BCUT2D eigenvalue weighted by Crippen LogP contribution is -2.30. The minimum absolute atomic E-state index is 0.409. The molecule has 1 aromatic carbocycles. The van der Waals surface area contributed by atoms with Crippen molar-refractivity contribution >= 4 is 5.91 Å². The quantitative estimate of drug-likeness (QED) is 0.788. The molecule has 0 aliphatic carbocycles. The first-order valence-corrected chi connectivity index (χ1v) is 9.17. The van der Waals surface area contributed by atoms with Crippen molar-refractivity contribution in [2.75, 3.05) is 26.9 Å². The molecule has 1 atom stereocenters. The molecule has 2 aliphatic heterocycles. The van der Waals surface area contributed by atoms with Crippen LogP contribution in [0, 0.1) is 5.92 Å². The molecule has 27 heavy (non-hydrogen) atoms. The summed E-state index contributed by atoms with van der Waals surface area (Å²) in [7, 11) is 1.63. The predicted molar refractivity (Wildman–Crippen MR) is 98.2 cm³/mol. The summed E-state index contributed by atoms with van der Waals surface area (Å²) in [4.78, 5) is 11.5. The third-order valence-corrected chi connectivity index (χ3v) is 5.10. The predicted octanol–water partition coefficient (Wildman–Crippen LogP) is 1.11. The van der Waals surface area contributed by atoms with Gasteiger partial charge in [-0.3, -0.25) is 9.48 Å². The van der Waals surface area contributed by atoms with E-state index in [4.69, 9.17) is 19.9 Å². The summed E-state index contributed by atoms with van der Waals surface area (Å²) in [6, 6.07) is 3.97. The molecule has 8 nitrogen and oxygen atoms in total. The molecule has 0 spiro atoms. The Morgan fingerprint density at radius 2 is 2.26 bits per heavy atom. The van der Waals surface area contributed by atoms with Crippen molar-refractivity contribution in [2.24, 2.45) is 11.7 Å². The molecule has 1 aromatic heterocycles. The van der Waals surface area contributed by atoms with Gasteiger partial charge in [-0.25, -0.2) is 0 Å². The number of aryl methyl sites for hydroxylation is 1. The zero-order chi connectivity index (χ0) is 18.8. The number of amides is 1. The molecule has 0 bridgehead atoms. The number of benzene rings is 1. The summed E-state index contributed by atoms with van der Waals surface area (Å²) >= 11 is 0. The largest absolute Gasteiger partial charge is 0.493 e. The van der Waals surface area contributed by atoms with Crippen LogP contribution in [0.15, 0.2) is 18.3 Å². The van der Waals surface area contributed by atoms with Gasteiger partial charge in [0, 0.05) is 13.1 Å². The number of carbonyl (C=O) groups is 1. The lowest BCUT2D eigenvalue weighted by molar-refractivity contribution is 0.0998. The fourth-order valence-electron chi connectivity index (χ4n) is 3.73. The molecule has 3 N–H and O–H groups in total. The average molecular weight is 372 g/mol. The van der Waals surface area contributed by atoms with Crippen molar-refractivity contribution in [2.45, 2.75) is 25.9 Å². The van der Waals surface area contributed by atoms with Crippen LogP contribution >= 0.6 is 0 Å². The normalized spacial score (nSPS) is 18.0. The standard InChI is InChI=1S/C19H24N4O4/c1-25-16-7-13(8-17-18(16)27-5-4-26-17)10-21-9-12-2-3-23-15(6-12)14(11-22-23)19(20)24/h7-8,11-12,21H,2-6,9-10H2,1H3,(H2,20,24). The molecule has 8 heteroatoms. The summed E-state index contributed by atoms with van der Waals surface area (Å²) in [6.45, 7) is 3.44. The van der Waals surface area contributed by atoms with Crippen LogP contribution in [-0.4, -0.2) is 42.6 Å². The van der Waals surface area contributed by atoms with Gasteiger partial charge in [0.25, 0.3) is 5.91 Å². The Balaban J connectivity index is 1.38. The SMILES string of the molecule is COc1cc(CNCC2CCn3ncc(C(N)=O)c3C2)cc2c1OCCO2. The monoisotopic (exact) mass is 372 g/mol. The molecular formula is C19H24N4O4. The molecule has 0 radical (unpaired) electrons. The first-order valence-electron chi connectivity index (χ1n) is 9.17. The zero-order valence-corrected chi connectivity index (χ0v) is 15.4. The highest BCUT2D eigenvalue weighted by molar-refractivity contribution is 5.93. The van der Waals surface area contributed by atoms with E-state index in [1.54, 1.807) is 13.3 Å². The minimum atomic E-state index is -0.409. The lowest BCUT2D eigenvalue weighted by atomic mass is 9.94. The van der Waals surface area contributed by atoms with Crippen LogP contribution in [0.3, 0.4) is 0 Å². The number of nitrogens with one attached hydrogen (secondary N) is 1. The molecule has 4 rings (SSSR count). The summed E-state index contributed by atoms with van der Waals surface area (Å²) in [6.07, 6.45) is 3.40. The molecule has 0 saturated heterocycles. The maximum Gasteiger partial charge on any atom is 0.252 e. The summed E-state index contributed by atoms with van der Waals surface area (Å²) in [5, 5.41) is 7.76. The van der Waals surface area contributed by atoms with Crippen LogP contribution in [0.5, 0.6) is 17.2 Å². The molecule has 2 aromatic rings. The van der Waals surface area contributed by atoms with Crippen LogP contribution < -0.4 is 25.3 Å². The number of rotatable bonds is 6. The third-order valence-electron chi connectivity index (χ3n) is 5.10. The number of primary amides is 1. The van der Waals surface area contributed by atoms with Gasteiger partial charge in [-0.2, -0.15) is 5.10 Å². The van der Waals surface area contributed by atoms with Crippen molar-refractivity contribution in [3.05, 3.63) is 35.2 Å². The maximum atomic E-state index is 11.5. The Labute approximate surface area is 157 Å². The number of nitrogens with two attached hydrogens (primary N) is 1. The Morgan fingerprint density at radius 3 is 3.07 bits per heavy atom. The van der Waals surface area contributed by atoms with Gasteiger partial charge in [0.2, 0.25) is 5.75 Å². The van der Waals surface area contributed by atoms with Crippen molar-refractivity contribution in [1.82, 2.24) is 15.1 Å². The van der Waals surface area contributed by atoms with E-state index in [9.17, 15) is 4.79 Å². The number of nitrogens with zero attached hydrogens (tertiary/aromatic N) is 2. The number of fused-ring (bicyclic) bond motifs is 2. The van der Waals surface area contributed by atoms with E-state index in [-0.39, 0.29) is 0 Å². The second-order valence-electron chi connectivity index (χ2n) is 6.90. The molecular weight excluding hydrogens is 348 g/mol. The summed E-state index contributed by atoms with van der Waals surface area (Å²) < 4.78 is 18.6. The van der Waals surface area contributed by atoms with E-state index in [1.807, 2.05) is 16.8 Å². The first kappa shape index (κ1) is 17.7. The molecule has 0 fully saturated rings. The van der Waals surface area contributed by atoms with Gasteiger partial charge < -0.3 is 25.3 Å². The van der Waals surface area contributed by atoms with Crippen LogP contribution in [0.1, 0.15) is 28.0 Å². The zero-order valence-electron chi connectivity index (χ0n) is 15.4. The van der Waals surface area contributed by atoms with Gasteiger partial charge in [-0.05, 0) is 43.0 Å². The average Bonchev–Trinajstić information content (AvgIpc) is 3.11. The number of hydrogen-bond donors (Lipinski definition) is 2. The number of hydrogen-bond acceptors (Lipinski definition) is 6. The molecule has 0 saturated carbocycles. The summed E-state index contributed by atoms with van der Waals surface area (Å²) in [5.41, 5.74) is 8.01. The van der Waals surface area contributed by atoms with Crippen molar-refractivity contribution in [1.29, 1.82) is 0 Å². The molecule has 1 amide bonds. The van der Waals surface area contributed by atoms with Crippen molar-refractivity contribution < 1.29 is 19.0 Å². The molecule has 3 heterocycles.